The van der Waals surface area contributed by atoms with E-state index in [4.69, 9.17) is 0 Å². The normalized spacial score (nSPS) is 22.5. The molecule has 2 fully saturated rings. The molecule has 2 aromatic rings. The molecule has 7 nitrogen and oxygen atoms in total. The molecule has 2 saturated heterocycles. The van der Waals surface area contributed by atoms with Crippen molar-refractivity contribution in [2.75, 3.05) is 26.2 Å². The third-order valence-corrected chi connectivity index (χ3v) is 5.92. The van der Waals surface area contributed by atoms with Crippen molar-refractivity contribution in [2.24, 2.45) is 5.41 Å². The Balaban J connectivity index is 1.48. The first-order chi connectivity index (χ1) is 13.6. The van der Waals surface area contributed by atoms with Gasteiger partial charge in [0.15, 0.2) is 5.82 Å². The Morgan fingerprint density at radius 3 is 2.61 bits per heavy atom. The summed E-state index contributed by atoms with van der Waals surface area (Å²) in [5.74, 6) is 0.787. The summed E-state index contributed by atoms with van der Waals surface area (Å²) in [4.78, 5) is 41.7. The predicted octanol–water partition coefficient (Wildman–Crippen LogP) is 2.40. The molecule has 0 N–H and O–H groups in total. The van der Waals surface area contributed by atoms with Crippen LogP contribution in [0.4, 0.5) is 0 Å². The number of hydrogen-bond donors (Lipinski definition) is 0. The van der Waals surface area contributed by atoms with Gasteiger partial charge >= 0.3 is 0 Å². The van der Waals surface area contributed by atoms with Crippen LogP contribution in [0.25, 0.3) is 11.4 Å². The number of aromatic nitrogens is 3. The van der Waals surface area contributed by atoms with E-state index in [1.807, 2.05) is 28.9 Å². The summed E-state index contributed by atoms with van der Waals surface area (Å²) < 4.78 is 0. The molecule has 0 saturated carbocycles. The molecule has 0 radical (unpaired) electrons. The molecule has 2 aliphatic heterocycles. The number of rotatable bonds is 3. The van der Waals surface area contributed by atoms with Crippen molar-refractivity contribution in [2.45, 2.75) is 32.6 Å². The number of hydrogen-bond acceptors (Lipinski definition) is 5. The molecular weight excluding hydrogens is 354 g/mol. The second kappa shape index (κ2) is 7.66. The quantitative estimate of drug-likeness (QED) is 0.818. The lowest BCUT2D eigenvalue weighted by Gasteiger charge is -2.48. The molecule has 28 heavy (non-hydrogen) atoms. The van der Waals surface area contributed by atoms with Gasteiger partial charge in [-0.1, -0.05) is 0 Å². The van der Waals surface area contributed by atoms with Gasteiger partial charge in [0, 0.05) is 68.4 Å². The molecule has 2 aromatic heterocycles. The van der Waals surface area contributed by atoms with E-state index in [0.717, 1.165) is 44.5 Å². The van der Waals surface area contributed by atoms with Gasteiger partial charge in [-0.15, -0.1) is 0 Å². The molecular formula is C21H25N5O2. The molecule has 0 aliphatic carbocycles. The van der Waals surface area contributed by atoms with Crippen LogP contribution in [0.1, 0.15) is 43.0 Å². The highest BCUT2D eigenvalue weighted by molar-refractivity contribution is 5.94. The third kappa shape index (κ3) is 3.61. The summed E-state index contributed by atoms with van der Waals surface area (Å²) in [7, 11) is 0. The van der Waals surface area contributed by atoms with Crippen LogP contribution < -0.4 is 0 Å². The molecule has 2 aliphatic rings. The van der Waals surface area contributed by atoms with Crippen LogP contribution >= 0.6 is 0 Å². The van der Waals surface area contributed by atoms with E-state index in [-0.39, 0.29) is 17.2 Å². The Labute approximate surface area is 164 Å². The first kappa shape index (κ1) is 18.5. The first-order valence-corrected chi connectivity index (χ1v) is 9.90. The highest BCUT2D eigenvalue weighted by Gasteiger charge is 2.42. The second-order valence-electron chi connectivity index (χ2n) is 7.77. The lowest BCUT2D eigenvalue weighted by atomic mass is 9.73. The maximum Gasteiger partial charge on any atom is 0.257 e. The number of carbonyl (C=O) groups excluding carboxylic acids is 2. The number of carbonyl (C=O) groups is 2. The van der Waals surface area contributed by atoms with Gasteiger partial charge in [-0.05, 0) is 38.3 Å². The smallest absolute Gasteiger partial charge is 0.257 e. The number of amides is 2. The van der Waals surface area contributed by atoms with Gasteiger partial charge in [0.05, 0.1) is 5.56 Å². The van der Waals surface area contributed by atoms with Crippen LogP contribution in [0.15, 0.2) is 36.9 Å². The van der Waals surface area contributed by atoms with Gasteiger partial charge in [-0.25, -0.2) is 9.97 Å². The second-order valence-corrected chi connectivity index (χ2v) is 7.77. The van der Waals surface area contributed by atoms with Crippen molar-refractivity contribution >= 4 is 11.8 Å². The van der Waals surface area contributed by atoms with Crippen molar-refractivity contribution in [1.82, 2.24) is 24.8 Å². The van der Waals surface area contributed by atoms with Gasteiger partial charge in [0.1, 0.15) is 0 Å². The van der Waals surface area contributed by atoms with Gasteiger partial charge in [0.2, 0.25) is 5.91 Å². The Morgan fingerprint density at radius 2 is 1.89 bits per heavy atom. The minimum Gasteiger partial charge on any atom is -0.342 e. The molecule has 0 aromatic carbocycles. The summed E-state index contributed by atoms with van der Waals surface area (Å²) in [6, 6.07) is 3.68. The number of pyridine rings is 1. The Hall–Kier alpha value is -2.83. The standard InChI is InChI=1S/C21H25N5O2/c1-2-25-14-21(8-4-18(25)27)7-3-11-26(15-21)20(28)17-12-23-19(24-13-17)16-5-9-22-10-6-16/h5-6,9-10,12-13H,2-4,7-8,11,14-15H2,1H3. The zero-order valence-electron chi connectivity index (χ0n) is 16.2. The maximum atomic E-state index is 13.0. The van der Waals surface area contributed by atoms with Crippen molar-refractivity contribution in [3.05, 3.63) is 42.5 Å². The fourth-order valence-corrected chi connectivity index (χ4v) is 4.38. The van der Waals surface area contributed by atoms with E-state index in [2.05, 4.69) is 15.0 Å². The molecule has 7 heteroatoms. The topological polar surface area (TPSA) is 79.3 Å². The summed E-state index contributed by atoms with van der Waals surface area (Å²) >= 11 is 0. The average Bonchev–Trinajstić information content (AvgIpc) is 2.76. The molecule has 1 unspecified atom stereocenters. The summed E-state index contributed by atoms with van der Waals surface area (Å²) in [6.45, 7) is 4.95. The van der Waals surface area contributed by atoms with E-state index in [9.17, 15) is 9.59 Å². The van der Waals surface area contributed by atoms with Crippen LogP contribution in [-0.2, 0) is 4.79 Å². The zero-order valence-corrected chi connectivity index (χ0v) is 16.2. The van der Waals surface area contributed by atoms with Gasteiger partial charge in [0.25, 0.3) is 5.91 Å². The van der Waals surface area contributed by atoms with Gasteiger partial charge in [-0.2, -0.15) is 0 Å². The van der Waals surface area contributed by atoms with Gasteiger partial charge in [-0.3, -0.25) is 14.6 Å². The highest BCUT2D eigenvalue weighted by atomic mass is 16.2. The van der Waals surface area contributed by atoms with Crippen LogP contribution in [-0.4, -0.2) is 62.7 Å². The number of piperidine rings is 2. The third-order valence-electron chi connectivity index (χ3n) is 5.92. The Bertz CT molecular complexity index is 855. The summed E-state index contributed by atoms with van der Waals surface area (Å²) in [5.41, 5.74) is 1.40. The van der Waals surface area contributed by atoms with Crippen LogP contribution in [0.3, 0.4) is 0 Å². The highest BCUT2D eigenvalue weighted by Crippen LogP contribution is 2.39. The predicted molar refractivity (Wildman–Crippen MR) is 104 cm³/mol. The van der Waals surface area contributed by atoms with E-state index < -0.39 is 0 Å². The molecule has 1 atom stereocenters. The lowest BCUT2D eigenvalue weighted by molar-refractivity contribution is -0.138. The molecule has 146 valence electrons. The van der Waals surface area contributed by atoms with Gasteiger partial charge < -0.3 is 9.80 Å². The Kier molecular flexibility index (Phi) is 5.07. The minimum absolute atomic E-state index is 0.0235. The zero-order chi connectivity index (χ0) is 19.6. The van der Waals surface area contributed by atoms with E-state index in [1.54, 1.807) is 24.8 Å². The molecule has 4 rings (SSSR count). The van der Waals surface area contributed by atoms with Crippen molar-refractivity contribution < 1.29 is 9.59 Å². The van der Waals surface area contributed by atoms with E-state index in [1.165, 1.54) is 0 Å². The minimum atomic E-state index is -0.0275. The molecule has 1 spiro atoms. The van der Waals surface area contributed by atoms with Crippen LogP contribution in [0.2, 0.25) is 0 Å². The number of nitrogens with zero attached hydrogens (tertiary/aromatic N) is 5. The molecule has 2 amide bonds. The fourth-order valence-electron chi connectivity index (χ4n) is 4.38. The van der Waals surface area contributed by atoms with Crippen LogP contribution in [0.5, 0.6) is 0 Å². The first-order valence-electron chi connectivity index (χ1n) is 9.90. The lowest BCUT2D eigenvalue weighted by Crippen LogP contribution is -2.55. The maximum absolute atomic E-state index is 13.0. The Morgan fingerprint density at radius 1 is 1.14 bits per heavy atom. The summed E-state index contributed by atoms with van der Waals surface area (Å²) in [5, 5.41) is 0. The van der Waals surface area contributed by atoms with Crippen molar-refractivity contribution in [3.8, 4) is 11.4 Å². The average molecular weight is 379 g/mol. The monoisotopic (exact) mass is 379 g/mol. The fraction of sp³-hybridized carbons (Fsp3) is 0.476. The molecule has 0 bridgehead atoms. The van der Waals surface area contributed by atoms with Crippen molar-refractivity contribution in [1.29, 1.82) is 0 Å². The summed E-state index contributed by atoms with van der Waals surface area (Å²) in [6.07, 6.45) is 10.1. The van der Waals surface area contributed by atoms with Crippen LogP contribution in [0, 0.1) is 5.41 Å². The SMILES string of the molecule is CCN1CC2(CCCN(C(=O)c3cnc(-c4ccncc4)nc3)C2)CCC1=O. The van der Waals surface area contributed by atoms with E-state index in [0.29, 0.717) is 24.4 Å². The van der Waals surface area contributed by atoms with E-state index >= 15 is 0 Å². The molecule has 4 heterocycles. The number of likely N-dealkylation sites (tertiary alicyclic amines) is 2. The largest absolute Gasteiger partial charge is 0.342 e. The van der Waals surface area contributed by atoms with Crippen molar-refractivity contribution in [3.63, 3.8) is 0 Å².